The number of benzene rings is 1. The number of halogens is 1. The molecule has 0 radical (unpaired) electrons. The van der Waals surface area contributed by atoms with Crippen LogP contribution in [0.25, 0.3) is 0 Å². The summed E-state index contributed by atoms with van der Waals surface area (Å²) >= 11 is 6.14. The summed E-state index contributed by atoms with van der Waals surface area (Å²) in [7, 11) is -3.64. The van der Waals surface area contributed by atoms with Gasteiger partial charge in [-0.05, 0) is 49.8 Å². The molecule has 0 spiro atoms. The van der Waals surface area contributed by atoms with Crippen molar-refractivity contribution in [1.29, 1.82) is 0 Å². The van der Waals surface area contributed by atoms with E-state index in [1.165, 1.54) is 16.4 Å². The Balaban J connectivity index is 1.90. The van der Waals surface area contributed by atoms with Gasteiger partial charge in [0.05, 0.1) is 5.02 Å². The number of hydrogen-bond acceptors (Lipinski definition) is 3. The number of carbonyl (C=O) groups excluding carboxylic acids is 1. The van der Waals surface area contributed by atoms with Crippen LogP contribution in [0.4, 0.5) is 0 Å². The molecule has 0 N–H and O–H groups in total. The maximum absolute atomic E-state index is 12.8. The number of rotatable bonds is 3. The highest BCUT2D eigenvalue weighted by atomic mass is 35.5. The number of carbonyl (C=O) groups is 1. The number of nitrogens with zero attached hydrogens (tertiary/aromatic N) is 2. The Hall–Kier alpha value is -1.11. The molecule has 2 saturated heterocycles. The van der Waals surface area contributed by atoms with Crippen molar-refractivity contribution in [2.45, 2.75) is 37.5 Å². The van der Waals surface area contributed by atoms with Crippen molar-refractivity contribution in [2.24, 2.45) is 5.92 Å². The van der Waals surface area contributed by atoms with Crippen LogP contribution in [-0.4, -0.2) is 49.7 Å². The highest BCUT2D eigenvalue weighted by Gasteiger charge is 2.30. The zero-order chi connectivity index (χ0) is 17.3. The van der Waals surface area contributed by atoms with Crippen LogP contribution in [0.5, 0.6) is 0 Å². The fraction of sp³-hybridized carbons (Fsp3) is 0.588. The van der Waals surface area contributed by atoms with Crippen LogP contribution in [0, 0.1) is 5.92 Å². The molecule has 0 unspecified atom stereocenters. The third-order valence-corrected chi connectivity index (χ3v) is 7.19. The van der Waals surface area contributed by atoms with E-state index in [2.05, 4.69) is 6.92 Å². The predicted molar refractivity (Wildman–Crippen MR) is 93.7 cm³/mol. The first kappa shape index (κ1) is 17.7. The van der Waals surface area contributed by atoms with Gasteiger partial charge in [0.15, 0.2) is 0 Å². The fourth-order valence-corrected chi connectivity index (χ4v) is 5.48. The molecule has 1 amide bonds. The van der Waals surface area contributed by atoms with E-state index in [9.17, 15) is 13.2 Å². The average Bonchev–Trinajstić information content (AvgIpc) is 3.10. The van der Waals surface area contributed by atoms with Gasteiger partial charge in [0.1, 0.15) is 4.90 Å². The summed E-state index contributed by atoms with van der Waals surface area (Å²) in [6, 6.07) is 4.58. The Labute approximate surface area is 148 Å². The van der Waals surface area contributed by atoms with Gasteiger partial charge in [-0.3, -0.25) is 4.79 Å². The van der Waals surface area contributed by atoms with Crippen LogP contribution in [0.2, 0.25) is 5.02 Å². The molecule has 1 aromatic carbocycles. The molecule has 7 heteroatoms. The molecule has 2 aliphatic heterocycles. The predicted octanol–water partition coefficient (Wildman–Crippen LogP) is 3.00. The Morgan fingerprint density at radius 1 is 1.17 bits per heavy atom. The fourth-order valence-electron chi connectivity index (χ4n) is 3.46. The lowest BCUT2D eigenvalue weighted by molar-refractivity contribution is 0.0683. The number of hydrogen-bond donors (Lipinski definition) is 0. The van der Waals surface area contributed by atoms with Crippen molar-refractivity contribution in [3.8, 4) is 0 Å². The zero-order valence-electron chi connectivity index (χ0n) is 13.9. The summed E-state index contributed by atoms with van der Waals surface area (Å²) in [5.41, 5.74) is 0.395. The second kappa shape index (κ2) is 7.02. The largest absolute Gasteiger partial charge is 0.338 e. The standard InChI is InChI=1S/C17H23ClN2O3S/c1-13-5-4-8-19(12-13)17(21)14-6-7-15(18)16(11-14)24(22,23)20-9-2-3-10-20/h6-7,11,13H,2-5,8-10,12H2,1H3/t13-/m0/s1. The van der Waals surface area contributed by atoms with Gasteiger partial charge >= 0.3 is 0 Å². The normalized spacial score (nSPS) is 22.8. The second-order valence-corrected chi connectivity index (χ2v) is 9.07. The van der Waals surface area contributed by atoms with Crippen LogP contribution < -0.4 is 0 Å². The molecule has 2 heterocycles. The molecule has 0 saturated carbocycles. The van der Waals surface area contributed by atoms with E-state index < -0.39 is 10.0 Å². The summed E-state index contributed by atoms with van der Waals surface area (Å²) in [5, 5.41) is 0.172. The van der Waals surface area contributed by atoms with Gasteiger partial charge in [-0.2, -0.15) is 4.31 Å². The van der Waals surface area contributed by atoms with Crippen molar-refractivity contribution >= 4 is 27.5 Å². The number of piperidine rings is 1. The minimum absolute atomic E-state index is 0.0435. The summed E-state index contributed by atoms with van der Waals surface area (Å²) < 4.78 is 27.0. The van der Waals surface area contributed by atoms with E-state index in [1.807, 2.05) is 4.90 Å². The third-order valence-electron chi connectivity index (χ3n) is 4.81. The number of sulfonamides is 1. The smallest absolute Gasteiger partial charge is 0.253 e. The maximum Gasteiger partial charge on any atom is 0.253 e. The first-order valence-electron chi connectivity index (χ1n) is 8.48. The molecular weight excluding hydrogens is 348 g/mol. The molecule has 1 atom stereocenters. The first-order valence-corrected chi connectivity index (χ1v) is 10.3. The van der Waals surface area contributed by atoms with Gasteiger partial charge < -0.3 is 4.90 Å². The van der Waals surface area contributed by atoms with Crippen molar-refractivity contribution < 1.29 is 13.2 Å². The molecule has 1 aromatic rings. The quantitative estimate of drug-likeness (QED) is 0.821. The van der Waals surface area contributed by atoms with Gasteiger partial charge in [0, 0.05) is 31.7 Å². The maximum atomic E-state index is 12.8. The summed E-state index contributed by atoms with van der Waals surface area (Å²) in [6.07, 6.45) is 3.83. The molecule has 24 heavy (non-hydrogen) atoms. The van der Waals surface area contributed by atoms with Crippen molar-refractivity contribution in [2.75, 3.05) is 26.2 Å². The topological polar surface area (TPSA) is 57.7 Å². The average molecular weight is 371 g/mol. The molecule has 3 rings (SSSR count). The van der Waals surface area contributed by atoms with Crippen molar-refractivity contribution in [3.63, 3.8) is 0 Å². The van der Waals surface area contributed by atoms with E-state index in [1.54, 1.807) is 6.07 Å². The van der Waals surface area contributed by atoms with E-state index >= 15 is 0 Å². The highest BCUT2D eigenvalue weighted by Crippen LogP contribution is 2.29. The molecular formula is C17H23ClN2O3S. The van der Waals surface area contributed by atoms with E-state index in [4.69, 9.17) is 11.6 Å². The summed E-state index contributed by atoms with van der Waals surface area (Å²) in [6.45, 7) is 4.60. The van der Waals surface area contributed by atoms with Crippen LogP contribution in [-0.2, 0) is 10.0 Å². The van der Waals surface area contributed by atoms with Crippen LogP contribution in [0.3, 0.4) is 0 Å². The Kier molecular flexibility index (Phi) is 5.18. The highest BCUT2D eigenvalue weighted by molar-refractivity contribution is 7.89. The minimum Gasteiger partial charge on any atom is -0.338 e. The molecule has 2 aliphatic rings. The molecule has 2 fully saturated rings. The van der Waals surface area contributed by atoms with E-state index in [0.717, 1.165) is 38.8 Å². The Morgan fingerprint density at radius 3 is 2.54 bits per heavy atom. The molecule has 5 nitrogen and oxygen atoms in total. The lowest BCUT2D eigenvalue weighted by Gasteiger charge is -2.31. The Morgan fingerprint density at radius 2 is 1.88 bits per heavy atom. The van der Waals surface area contributed by atoms with Crippen LogP contribution >= 0.6 is 11.6 Å². The molecule has 132 valence electrons. The number of likely N-dealkylation sites (tertiary alicyclic amines) is 1. The molecule has 0 aliphatic carbocycles. The van der Waals surface area contributed by atoms with Gasteiger partial charge in [0.2, 0.25) is 10.0 Å². The van der Waals surface area contributed by atoms with E-state index in [-0.39, 0.29) is 15.8 Å². The first-order chi connectivity index (χ1) is 11.4. The lowest BCUT2D eigenvalue weighted by Crippen LogP contribution is -2.39. The molecule has 0 aromatic heterocycles. The van der Waals surface area contributed by atoms with Crippen LogP contribution in [0.15, 0.2) is 23.1 Å². The second-order valence-electron chi connectivity index (χ2n) is 6.75. The number of amides is 1. The minimum atomic E-state index is -3.64. The molecule has 0 bridgehead atoms. The van der Waals surface area contributed by atoms with Crippen molar-refractivity contribution in [3.05, 3.63) is 28.8 Å². The van der Waals surface area contributed by atoms with Gasteiger partial charge in [-0.25, -0.2) is 8.42 Å². The lowest BCUT2D eigenvalue weighted by atomic mass is 9.99. The van der Waals surface area contributed by atoms with Crippen LogP contribution in [0.1, 0.15) is 43.0 Å². The Bertz CT molecular complexity index is 729. The zero-order valence-corrected chi connectivity index (χ0v) is 15.4. The SMILES string of the molecule is C[C@H]1CCCN(C(=O)c2ccc(Cl)c(S(=O)(=O)N3CCCC3)c2)C1. The van der Waals surface area contributed by atoms with E-state index in [0.29, 0.717) is 24.6 Å². The van der Waals surface area contributed by atoms with Gasteiger partial charge in [0.25, 0.3) is 5.91 Å². The monoisotopic (exact) mass is 370 g/mol. The summed E-state index contributed by atoms with van der Waals surface area (Å²) in [5.74, 6) is 0.360. The van der Waals surface area contributed by atoms with Crippen molar-refractivity contribution in [1.82, 2.24) is 9.21 Å². The van der Waals surface area contributed by atoms with Gasteiger partial charge in [-0.1, -0.05) is 18.5 Å². The van der Waals surface area contributed by atoms with Gasteiger partial charge in [-0.15, -0.1) is 0 Å². The summed E-state index contributed by atoms with van der Waals surface area (Å²) in [4.78, 5) is 14.6. The third kappa shape index (κ3) is 3.46.